The van der Waals surface area contributed by atoms with Crippen LogP contribution in [0.15, 0.2) is 65.7 Å². The van der Waals surface area contributed by atoms with E-state index in [9.17, 15) is 9.59 Å². The van der Waals surface area contributed by atoms with Gasteiger partial charge in [0.2, 0.25) is 11.9 Å². The van der Waals surface area contributed by atoms with Crippen LogP contribution in [0.25, 0.3) is 10.9 Å². The highest BCUT2D eigenvalue weighted by atomic mass is 16.2. The lowest BCUT2D eigenvalue weighted by Gasteiger charge is -2.28. The van der Waals surface area contributed by atoms with E-state index in [1.165, 1.54) is 30.2 Å². The Hall–Kier alpha value is -4.27. The number of piperidine rings is 1. The van der Waals surface area contributed by atoms with E-state index in [0.717, 1.165) is 30.3 Å². The number of benzene rings is 2. The fourth-order valence-corrected chi connectivity index (χ4v) is 4.23. The van der Waals surface area contributed by atoms with Crippen molar-refractivity contribution in [3.63, 3.8) is 0 Å². The van der Waals surface area contributed by atoms with Gasteiger partial charge >= 0.3 is 0 Å². The molecule has 2 N–H and O–H groups in total. The van der Waals surface area contributed by atoms with E-state index in [4.69, 9.17) is 4.98 Å². The molecule has 0 atom stereocenters. The van der Waals surface area contributed by atoms with E-state index in [0.29, 0.717) is 22.5 Å². The number of anilines is 4. The Balaban J connectivity index is 1.23. The number of hydrogen-bond acceptors (Lipinski definition) is 7. The summed E-state index contributed by atoms with van der Waals surface area (Å²) in [4.78, 5) is 40.9. The smallest absolute Gasteiger partial charge is 0.261 e. The third-order valence-electron chi connectivity index (χ3n) is 5.99. The Bertz CT molecular complexity index is 1410. The normalized spacial score (nSPS) is 13.6. The van der Waals surface area contributed by atoms with Crippen LogP contribution < -0.4 is 21.1 Å². The van der Waals surface area contributed by atoms with Crippen LogP contribution in [-0.2, 0) is 11.3 Å². The molecule has 0 unspecified atom stereocenters. The fraction of sp³-hybridized carbons (Fsp3) is 0.269. The van der Waals surface area contributed by atoms with E-state index in [1.54, 1.807) is 30.3 Å². The Kier molecular flexibility index (Phi) is 6.38. The van der Waals surface area contributed by atoms with E-state index in [2.05, 4.69) is 25.5 Å². The molecule has 2 aromatic heterocycles. The number of rotatable bonds is 6. The van der Waals surface area contributed by atoms with E-state index >= 15 is 0 Å². The highest BCUT2D eigenvalue weighted by molar-refractivity contribution is 5.91. The minimum absolute atomic E-state index is 0.118. The third kappa shape index (κ3) is 5.29. The lowest BCUT2D eigenvalue weighted by atomic mass is 10.1. The summed E-state index contributed by atoms with van der Waals surface area (Å²) in [5, 5.41) is 6.57. The molecule has 0 aliphatic carbocycles. The number of nitrogens with one attached hydrogen (secondary N) is 2. The van der Waals surface area contributed by atoms with Gasteiger partial charge in [-0.1, -0.05) is 12.1 Å². The summed E-state index contributed by atoms with van der Waals surface area (Å²) in [5.41, 5.74) is 2.71. The molecular formula is C26H27N7O2. The number of amides is 1. The summed E-state index contributed by atoms with van der Waals surface area (Å²) in [6, 6.07) is 16.4. The number of hydrogen-bond donors (Lipinski definition) is 2. The zero-order valence-electron chi connectivity index (χ0n) is 19.6. The molecule has 1 amide bonds. The molecule has 9 heteroatoms. The Labute approximate surface area is 202 Å². The van der Waals surface area contributed by atoms with Crippen LogP contribution in [0.3, 0.4) is 0 Å². The van der Waals surface area contributed by atoms with Gasteiger partial charge in [-0.3, -0.25) is 14.2 Å². The monoisotopic (exact) mass is 469 g/mol. The first-order valence-corrected chi connectivity index (χ1v) is 11.8. The van der Waals surface area contributed by atoms with Crippen LogP contribution in [0.2, 0.25) is 0 Å². The lowest BCUT2D eigenvalue weighted by Crippen LogP contribution is -2.30. The van der Waals surface area contributed by atoms with Crippen LogP contribution >= 0.6 is 0 Å². The van der Waals surface area contributed by atoms with Crippen molar-refractivity contribution in [1.29, 1.82) is 0 Å². The first kappa shape index (κ1) is 22.5. The number of nitrogens with zero attached hydrogens (tertiary/aromatic N) is 5. The van der Waals surface area contributed by atoms with Crippen LogP contribution in [0.4, 0.5) is 23.1 Å². The topological polar surface area (TPSA) is 105 Å². The van der Waals surface area contributed by atoms with Gasteiger partial charge in [-0.2, -0.15) is 4.98 Å². The molecule has 0 bridgehead atoms. The molecule has 1 saturated heterocycles. The average Bonchev–Trinajstić information content (AvgIpc) is 2.87. The molecule has 1 fully saturated rings. The van der Waals surface area contributed by atoms with E-state index in [-0.39, 0.29) is 18.0 Å². The largest absolute Gasteiger partial charge is 0.356 e. The van der Waals surface area contributed by atoms with Gasteiger partial charge in [-0.25, -0.2) is 9.97 Å². The lowest BCUT2D eigenvalue weighted by molar-refractivity contribution is -0.116. The Morgan fingerprint density at radius 3 is 2.51 bits per heavy atom. The summed E-state index contributed by atoms with van der Waals surface area (Å²) >= 11 is 0. The molecule has 35 heavy (non-hydrogen) atoms. The Morgan fingerprint density at radius 1 is 0.971 bits per heavy atom. The number of carbonyl (C=O) groups is 1. The quantitative estimate of drug-likeness (QED) is 0.442. The zero-order chi connectivity index (χ0) is 24.2. The number of para-hydroxylation sites is 1. The van der Waals surface area contributed by atoms with Gasteiger partial charge in [0.05, 0.1) is 17.2 Å². The minimum Gasteiger partial charge on any atom is -0.356 e. The number of aromatic nitrogens is 4. The molecule has 9 nitrogen and oxygen atoms in total. The predicted molar refractivity (Wildman–Crippen MR) is 137 cm³/mol. The zero-order valence-corrected chi connectivity index (χ0v) is 19.6. The van der Waals surface area contributed by atoms with Crippen molar-refractivity contribution >= 4 is 40.0 Å². The molecule has 3 heterocycles. The number of carbonyl (C=O) groups excluding carboxylic acids is 1. The predicted octanol–water partition coefficient (Wildman–Crippen LogP) is 3.87. The van der Waals surface area contributed by atoms with Gasteiger partial charge in [0.1, 0.15) is 12.4 Å². The molecule has 1 aliphatic heterocycles. The van der Waals surface area contributed by atoms with Gasteiger partial charge < -0.3 is 15.5 Å². The molecule has 5 rings (SSSR count). The number of aryl methyl sites for hydroxylation is 1. The van der Waals surface area contributed by atoms with Gasteiger partial charge in [0.25, 0.3) is 5.56 Å². The van der Waals surface area contributed by atoms with E-state index < -0.39 is 0 Å². The second kappa shape index (κ2) is 9.92. The van der Waals surface area contributed by atoms with Gasteiger partial charge in [0, 0.05) is 36.2 Å². The molecule has 0 saturated carbocycles. The van der Waals surface area contributed by atoms with Crippen LogP contribution in [0.5, 0.6) is 0 Å². The van der Waals surface area contributed by atoms with Crippen LogP contribution in [0, 0.1) is 6.92 Å². The van der Waals surface area contributed by atoms with Crippen LogP contribution in [-0.4, -0.2) is 38.5 Å². The molecule has 4 aromatic rings. The Morgan fingerprint density at radius 2 is 1.71 bits per heavy atom. The maximum absolute atomic E-state index is 12.6. The fourth-order valence-electron chi connectivity index (χ4n) is 4.23. The maximum atomic E-state index is 12.6. The molecule has 2 aromatic carbocycles. The van der Waals surface area contributed by atoms with Crippen molar-refractivity contribution in [3.05, 3.63) is 77.0 Å². The second-order valence-corrected chi connectivity index (χ2v) is 8.68. The van der Waals surface area contributed by atoms with Gasteiger partial charge in [-0.15, -0.1) is 0 Å². The summed E-state index contributed by atoms with van der Waals surface area (Å²) < 4.78 is 1.31. The molecule has 0 spiro atoms. The summed E-state index contributed by atoms with van der Waals surface area (Å²) in [7, 11) is 0. The van der Waals surface area contributed by atoms with Crippen LogP contribution in [0.1, 0.15) is 25.0 Å². The van der Waals surface area contributed by atoms with E-state index in [1.807, 2.05) is 31.2 Å². The van der Waals surface area contributed by atoms with Crippen molar-refractivity contribution in [3.8, 4) is 0 Å². The first-order valence-electron chi connectivity index (χ1n) is 11.8. The number of fused-ring (bicyclic) bond motifs is 1. The highest BCUT2D eigenvalue weighted by Gasteiger charge is 2.14. The maximum Gasteiger partial charge on any atom is 0.261 e. The second-order valence-electron chi connectivity index (χ2n) is 8.68. The van der Waals surface area contributed by atoms with Crippen molar-refractivity contribution in [2.75, 3.05) is 28.6 Å². The van der Waals surface area contributed by atoms with Crippen molar-refractivity contribution in [2.45, 2.75) is 32.7 Å². The SMILES string of the molecule is Cc1cc(N2CCCCC2)nc(Nc2ccc(NC(=O)Cn3cnc4ccccc4c3=O)cc2)n1. The minimum atomic E-state index is -0.307. The first-order chi connectivity index (χ1) is 17.0. The van der Waals surface area contributed by atoms with Crippen molar-refractivity contribution < 1.29 is 4.79 Å². The van der Waals surface area contributed by atoms with Crippen molar-refractivity contribution in [2.24, 2.45) is 0 Å². The highest BCUT2D eigenvalue weighted by Crippen LogP contribution is 2.22. The average molecular weight is 470 g/mol. The summed E-state index contributed by atoms with van der Waals surface area (Å²) in [6.07, 6.45) is 5.04. The molecule has 178 valence electrons. The standard InChI is InChI=1S/C26H27N7O2/c1-18-15-23(32-13-5-2-6-14-32)31-26(28-18)30-20-11-9-19(10-12-20)29-24(34)16-33-17-27-22-8-4-3-7-21(22)25(33)35/h3-4,7-12,15,17H,2,5-6,13-14,16H2,1H3,(H,29,34)(H,28,30,31). The molecular weight excluding hydrogens is 442 g/mol. The molecule has 0 radical (unpaired) electrons. The van der Waals surface area contributed by atoms with Gasteiger partial charge in [0.15, 0.2) is 0 Å². The molecule has 1 aliphatic rings. The van der Waals surface area contributed by atoms with Crippen molar-refractivity contribution in [1.82, 2.24) is 19.5 Å². The summed E-state index contributed by atoms with van der Waals surface area (Å²) in [5.74, 6) is 1.19. The summed E-state index contributed by atoms with van der Waals surface area (Å²) in [6.45, 7) is 3.89. The third-order valence-corrected chi connectivity index (χ3v) is 5.99. The van der Waals surface area contributed by atoms with Gasteiger partial charge in [-0.05, 0) is 62.6 Å².